The Bertz CT molecular complexity index is 953. The van der Waals surface area contributed by atoms with Gasteiger partial charge in [0.25, 0.3) is 0 Å². The highest BCUT2D eigenvalue weighted by atomic mass is 35.5. The quantitative estimate of drug-likeness (QED) is 0.378. The predicted molar refractivity (Wildman–Crippen MR) is 103 cm³/mol. The summed E-state index contributed by atoms with van der Waals surface area (Å²) in [5, 5.41) is 18.5. The second-order valence-corrected chi connectivity index (χ2v) is 7.04. The van der Waals surface area contributed by atoms with Gasteiger partial charge in [-0.3, -0.25) is 0 Å². The van der Waals surface area contributed by atoms with Crippen LogP contribution in [0.15, 0.2) is 47.6 Å². The standard InChI is InChI=1S/C17H13Cl2N5OS/c18-12-3-6-15(19)14(9-12)16-22-23-17(24(16)21)26-8-7-25-13-4-1-11(10-20)2-5-13/h1-6,9H,7-8,21H2. The van der Waals surface area contributed by atoms with Crippen molar-refractivity contribution in [3.05, 3.63) is 58.1 Å². The van der Waals surface area contributed by atoms with Gasteiger partial charge in [-0.15, -0.1) is 10.2 Å². The third-order valence-corrected chi connectivity index (χ3v) is 4.87. The molecular formula is C17H13Cl2N5OS. The summed E-state index contributed by atoms with van der Waals surface area (Å²) < 4.78 is 7.01. The van der Waals surface area contributed by atoms with Crippen LogP contribution in [0.1, 0.15) is 5.56 Å². The van der Waals surface area contributed by atoms with Crippen LogP contribution in [0.25, 0.3) is 11.4 Å². The number of thioether (sulfide) groups is 1. The number of aromatic nitrogens is 3. The smallest absolute Gasteiger partial charge is 0.210 e. The van der Waals surface area contributed by atoms with E-state index in [4.69, 9.17) is 39.0 Å². The Morgan fingerprint density at radius 3 is 2.65 bits per heavy atom. The maximum Gasteiger partial charge on any atom is 0.210 e. The second kappa shape index (κ2) is 8.32. The Kier molecular flexibility index (Phi) is 5.89. The average Bonchev–Trinajstić information content (AvgIpc) is 3.02. The van der Waals surface area contributed by atoms with E-state index in [1.165, 1.54) is 16.4 Å². The van der Waals surface area contributed by atoms with Crippen LogP contribution in [-0.4, -0.2) is 27.2 Å². The lowest BCUT2D eigenvalue weighted by Gasteiger charge is -2.07. The third-order valence-electron chi connectivity index (χ3n) is 3.40. The molecule has 3 aromatic rings. The number of nitrogens with zero attached hydrogens (tertiary/aromatic N) is 4. The Morgan fingerprint density at radius 1 is 1.15 bits per heavy atom. The third kappa shape index (κ3) is 4.22. The molecule has 2 aromatic carbocycles. The number of nitriles is 1. The molecule has 132 valence electrons. The largest absolute Gasteiger partial charge is 0.493 e. The van der Waals surface area contributed by atoms with Crippen molar-refractivity contribution < 1.29 is 4.74 Å². The Balaban J connectivity index is 1.60. The molecule has 0 amide bonds. The highest BCUT2D eigenvalue weighted by Crippen LogP contribution is 2.30. The molecule has 0 atom stereocenters. The molecule has 0 bridgehead atoms. The molecule has 3 rings (SSSR count). The van der Waals surface area contributed by atoms with Crippen LogP contribution in [0.3, 0.4) is 0 Å². The van der Waals surface area contributed by atoms with Gasteiger partial charge in [0.15, 0.2) is 5.82 Å². The van der Waals surface area contributed by atoms with E-state index in [2.05, 4.69) is 16.3 Å². The van der Waals surface area contributed by atoms with E-state index in [1.54, 1.807) is 42.5 Å². The minimum absolute atomic E-state index is 0.438. The highest BCUT2D eigenvalue weighted by molar-refractivity contribution is 7.99. The number of benzene rings is 2. The van der Waals surface area contributed by atoms with Crippen molar-refractivity contribution in [2.75, 3.05) is 18.2 Å². The molecule has 9 heteroatoms. The summed E-state index contributed by atoms with van der Waals surface area (Å²) in [4.78, 5) is 0. The lowest BCUT2D eigenvalue weighted by Crippen LogP contribution is -2.12. The van der Waals surface area contributed by atoms with Crippen LogP contribution in [0.5, 0.6) is 5.75 Å². The van der Waals surface area contributed by atoms with E-state index in [-0.39, 0.29) is 0 Å². The first-order valence-corrected chi connectivity index (χ1v) is 9.24. The van der Waals surface area contributed by atoms with Gasteiger partial charge in [0.2, 0.25) is 5.16 Å². The zero-order chi connectivity index (χ0) is 18.5. The van der Waals surface area contributed by atoms with Gasteiger partial charge in [0, 0.05) is 16.3 Å². The summed E-state index contributed by atoms with van der Waals surface area (Å²) in [6, 6.07) is 14.1. The molecule has 0 aliphatic rings. The van der Waals surface area contributed by atoms with Crippen LogP contribution in [0, 0.1) is 11.3 Å². The molecule has 2 N–H and O–H groups in total. The van der Waals surface area contributed by atoms with E-state index in [0.717, 1.165) is 0 Å². The average molecular weight is 406 g/mol. The summed E-state index contributed by atoms with van der Waals surface area (Å²) in [5.41, 5.74) is 1.21. The number of rotatable bonds is 6. The van der Waals surface area contributed by atoms with E-state index in [1.807, 2.05) is 0 Å². The molecule has 26 heavy (non-hydrogen) atoms. The van der Waals surface area contributed by atoms with Crippen LogP contribution in [0.4, 0.5) is 0 Å². The maximum absolute atomic E-state index is 8.77. The van der Waals surface area contributed by atoms with Crippen molar-refractivity contribution in [1.29, 1.82) is 5.26 Å². The van der Waals surface area contributed by atoms with E-state index in [0.29, 0.717) is 50.3 Å². The molecule has 0 aliphatic heterocycles. The molecule has 0 radical (unpaired) electrons. The second-order valence-electron chi connectivity index (χ2n) is 5.13. The van der Waals surface area contributed by atoms with Crippen molar-refractivity contribution in [1.82, 2.24) is 14.9 Å². The van der Waals surface area contributed by atoms with Crippen molar-refractivity contribution in [2.45, 2.75) is 5.16 Å². The summed E-state index contributed by atoms with van der Waals surface area (Å²) in [7, 11) is 0. The number of nitrogen functional groups attached to an aromatic ring is 1. The fraction of sp³-hybridized carbons (Fsp3) is 0.118. The zero-order valence-corrected chi connectivity index (χ0v) is 15.7. The highest BCUT2D eigenvalue weighted by Gasteiger charge is 2.15. The van der Waals surface area contributed by atoms with Gasteiger partial charge in [-0.2, -0.15) is 5.26 Å². The lowest BCUT2D eigenvalue weighted by molar-refractivity contribution is 0.344. The summed E-state index contributed by atoms with van der Waals surface area (Å²) >= 11 is 13.6. The molecule has 0 saturated carbocycles. The number of hydrogen-bond donors (Lipinski definition) is 1. The number of nitrogens with two attached hydrogens (primary N) is 1. The van der Waals surface area contributed by atoms with Crippen molar-refractivity contribution in [2.24, 2.45) is 0 Å². The summed E-state index contributed by atoms with van der Waals surface area (Å²) in [6.07, 6.45) is 0. The van der Waals surface area contributed by atoms with Crippen molar-refractivity contribution in [3.63, 3.8) is 0 Å². The number of halogens is 2. The minimum Gasteiger partial charge on any atom is -0.493 e. The van der Waals surface area contributed by atoms with Crippen LogP contribution in [-0.2, 0) is 0 Å². The molecule has 0 saturated heterocycles. The van der Waals surface area contributed by atoms with Gasteiger partial charge < -0.3 is 10.6 Å². The maximum atomic E-state index is 8.77. The van der Waals surface area contributed by atoms with Gasteiger partial charge in [-0.1, -0.05) is 35.0 Å². The Labute approximate surface area is 164 Å². The van der Waals surface area contributed by atoms with Gasteiger partial charge in [0.05, 0.1) is 23.3 Å². The topological polar surface area (TPSA) is 89.8 Å². The molecule has 0 spiro atoms. The first kappa shape index (κ1) is 18.4. The van der Waals surface area contributed by atoms with E-state index < -0.39 is 0 Å². The monoisotopic (exact) mass is 405 g/mol. The molecular weight excluding hydrogens is 393 g/mol. The zero-order valence-electron chi connectivity index (χ0n) is 13.4. The molecule has 6 nitrogen and oxygen atoms in total. The first-order valence-electron chi connectivity index (χ1n) is 7.50. The fourth-order valence-corrected chi connectivity index (χ4v) is 3.19. The summed E-state index contributed by atoms with van der Waals surface area (Å²) in [6.45, 7) is 0.455. The van der Waals surface area contributed by atoms with Gasteiger partial charge in [0.1, 0.15) is 5.75 Å². The van der Waals surface area contributed by atoms with Crippen LogP contribution in [0.2, 0.25) is 10.0 Å². The SMILES string of the molecule is N#Cc1ccc(OCCSc2nnc(-c3cc(Cl)ccc3Cl)n2N)cc1. The van der Waals surface area contributed by atoms with Gasteiger partial charge in [-0.05, 0) is 42.5 Å². The molecule has 0 fully saturated rings. The Hall–Kier alpha value is -2.40. The van der Waals surface area contributed by atoms with Gasteiger partial charge in [-0.25, -0.2) is 4.68 Å². The predicted octanol–water partition coefficient (Wildman–Crippen LogP) is 4.01. The van der Waals surface area contributed by atoms with E-state index in [9.17, 15) is 0 Å². The lowest BCUT2D eigenvalue weighted by atomic mass is 10.2. The molecule has 0 unspecified atom stereocenters. The Morgan fingerprint density at radius 2 is 1.92 bits per heavy atom. The normalized spacial score (nSPS) is 10.5. The van der Waals surface area contributed by atoms with Crippen molar-refractivity contribution in [3.8, 4) is 23.2 Å². The van der Waals surface area contributed by atoms with Crippen LogP contribution >= 0.6 is 35.0 Å². The minimum atomic E-state index is 0.438. The first-order chi connectivity index (χ1) is 12.6. The molecule has 0 aliphatic carbocycles. The fourth-order valence-electron chi connectivity index (χ4n) is 2.15. The molecule has 1 aromatic heterocycles. The van der Waals surface area contributed by atoms with Crippen molar-refractivity contribution >= 4 is 35.0 Å². The number of hydrogen-bond acceptors (Lipinski definition) is 6. The van der Waals surface area contributed by atoms with E-state index >= 15 is 0 Å². The van der Waals surface area contributed by atoms with Gasteiger partial charge >= 0.3 is 0 Å². The summed E-state index contributed by atoms with van der Waals surface area (Å²) in [5.74, 6) is 7.84. The molecule has 1 heterocycles. The number of ether oxygens (including phenoxy) is 1. The van der Waals surface area contributed by atoms with Crippen LogP contribution < -0.4 is 10.6 Å².